The summed E-state index contributed by atoms with van der Waals surface area (Å²) in [6, 6.07) is 16.9. The fourth-order valence-electron chi connectivity index (χ4n) is 5.69. The maximum Gasteiger partial charge on any atom is 0.216 e. The standard InChI is InChI=1S/C33H36ClFN4O4S/c1-5-31(39(6-2)44(40,41)22(3)4)33(15-8-16-43-33)24-11-13-29-27(18-24)32(37-21-36-29)38-26-12-14-30(28(34)19-26)42-20-23-9-7-10-25(35)17-23/h7-14,16-19,21-22,31H,5-6,15,20H2,1-4H3,(H,36,37,38). The third-order valence-electron chi connectivity index (χ3n) is 7.90. The normalized spacial score (nSPS) is 17.3. The van der Waals surface area contributed by atoms with E-state index in [9.17, 15) is 12.8 Å². The van der Waals surface area contributed by atoms with Gasteiger partial charge < -0.3 is 14.8 Å². The number of sulfonamides is 1. The van der Waals surface area contributed by atoms with Crippen molar-refractivity contribution in [3.05, 3.63) is 101 Å². The lowest BCUT2D eigenvalue weighted by atomic mass is 9.82. The molecule has 0 amide bonds. The summed E-state index contributed by atoms with van der Waals surface area (Å²) in [4.78, 5) is 8.97. The molecule has 0 aliphatic carbocycles. The maximum atomic E-state index is 13.5. The highest BCUT2D eigenvalue weighted by Crippen LogP contribution is 2.44. The van der Waals surface area contributed by atoms with Crippen molar-refractivity contribution in [1.82, 2.24) is 14.3 Å². The van der Waals surface area contributed by atoms with E-state index >= 15 is 0 Å². The molecule has 3 aromatic carbocycles. The minimum Gasteiger partial charge on any atom is -0.488 e. The van der Waals surface area contributed by atoms with Gasteiger partial charge in [0.15, 0.2) is 5.60 Å². The summed E-state index contributed by atoms with van der Waals surface area (Å²) in [5.41, 5.74) is 2.00. The summed E-state index contributed by atoms with van der Waals surface area (Å²) in [5, 5.41) is 3.90. The van der Waals surface area contributed by atoms with Gasteiger partial charge in [0.1, 0.15) is 30.3 Å². The number of halogens is 2. The molecule has 1 aliphatic heterocycles. The van der Waals surface area contributed by atoms with Crippen LogP contribution in [0.4, 0.5) is 15.9 Å². The van der Waals surface area contributed by atoms with Crippen LogP contribution in [0, 0.1) is 5.82 Å². The number of ether oxygens (including phenoxy) is 2. The van der Waals surface area contributed by atoms with E-state index in [0.717, 1.165) is 10.9 Å². The highest BCUT2D eigenvalue weighted by Gasteiger charge is 2.48. The Labute approximate surface area is 262 Å². The molecule has 0 radical (unpaired) electrons. The fraction of sp³-hybridized carbons (Fsp3) is 0.333. The second-order valence-corrected chi connectivity index (χ2v) is 13.8. The van der Waals surface area contributed by atoms with Crippen LogP contribution in [0.3, 0.4) is 0 Å². The molecule has 0 saturated carbocycles. The molecule has 1 aliphatic rings. The van der Waals surface area contributed by atoms with Crippen molar-refractivity contribution >= 4 is 44.0 Å². The van der Waals surface area contributed by atoms with E-state index in [-0.39, 0.29) is 12.4 Å². The van der Waals surface area contributed by atoms with E-state index in [2.05, 4.69) is 15.3 Å². The molecule has 8 nitrogen and oxygen atoms in total. The molecule has 44 heavy (non-hydrogen) atoms. The minimum atomic E-state index is -3.56. The predicted molar refractivity (Wildman–Crippen MR) is 172 cm³/mol. The van der Waals surface area contributed by atoms with Gasteiger partial charge in [0.25, 0.3) is 0 Å². The number of nitrogens with zero attached hydrogens (tertiary/aromatic N) is 3. The van der Waals surface area contributed by atoms with Gasteiger partial charge in [-0.1, -0.05) is 43.6 Å². The molecule has 5 rings (SSSR count). The van der Waals surface area contributed by atoms with Crippen molar-refractivity contribution < 1.29 is 22.3 Å². The molecule has 1 aromatic heterocycles. The average Bonchev–Trinajstić information content (AvgIpc) is 3.50. The lowest BCUT2D eigenvalue weighted by Gasteiger charge is -2.43. The smallest absolute Gasteiger partial charge is 0.216 e. The second kappa shape index (κ2) is 13.1. The lowest BCUT2D eigenvalue weighted by molar-refractivity contribution is -0.0239. The molecular formula is C33H36ClFN4O4S. The van der Waals surface area contributed by atoms with Crippen molar-refractivity contribution in [2.45, 2.75) is 64.0 Å². The molecule has 2 heterocycles. The van der Waals surface area contributed by atoms with Crippen LogP contribution in [0.25, 0.3) is 10.9 Å². The highest BCUT2D eigenvalue weighted by atomic mass is 35.5. The van der Waals surface area contributed by atoms with Crippen molar-refractivity contribution in [3.8, 4) is 5.75 Å². The predicted octanol–water partition coefficient (Wildman–Crippen LogP) is 7.71. The molecule has 2 atom stereocenters. The van der Waals surface area contributed by atoms with Crippen LogP contribution in [-0.4, -0.2) is 40.5 Å². The zero-order valence-electron chi connectivity index (χ0n) is 25.1. The van der Waals surface area contributed by atoms with Gasteiger partial charge in [0.05, 0.1) is 28.1 Å². The summed E-state index contributed by atoms with van der Waals surface area (Å²) in [6.07, 6.45) is 6.15. The Morgan fingerprint density at radius 3 is 2.59 bits per heavy atom. The molecule has 0 spiro atoms. The van der Waals surface area contributed by atoms with Crippen LogP contribution in [-0.2, 0) is 27.0 Å². The SMILES string of the molecule is CCC(N(CC)S(=O)(=O)C(C)C)C1(c2ccc3ncnc(Nc4ccc(OCc5cccc(F)c5)c(Cl)c4)c3c2)CC=CO1. The molecular weight excluding hydrogens is 603 g/mol. The maximum absolute atomic E-state index is 13.5. The Morgan fingerprint density at radius 2 is 1.93 bits per heavy atom. The molecule has 11 heteroatoms. The Kier molecular flexibility index (Phi) is 9.43. The largest absolute Gasteiger partial charge is 0.488 e. The first-order chi connectivity index (χ1) is 21.1. The van der Waals surface area contributed by atoms with E-state index < -0.39 is 26.9 Å². The molecule has 1 N–H and O–H groups in total. The van der Waals surface area contributed by atoms with Gasteiger partial charge >= 0.3 is 0 Å². The van der Waals surface area contributed by atoms with Gasteiger partial charge in [-0.25, -0.2) is 22.8 Å². The highest BCUT2D eigenvalue weighted by molar-refractivity contribution is 7.89. The minimum absolute atomic E-state index is 0.176. The summed E-state index contributed by atoms with van der Waals surface area (Å²) in [7, 11) is -3.56. The van der Waals surface area contributed by atoms with Gasteiger partial charge in [-0.2, -0.15) is 4.31 Å². The van der Waals surface area contributed by atoms with Crippen LogP contribution in [0.1, 0.15) is 51.7 Å². The fourth-order valence-corrected chi connectivity index (χ4v) is 7.50. The average molecular weight is 639 g/mol. The number of benzene rings is 3. The molecule has 0 bridgehead atoms. The number of fused-ring (bicyclic) bond motifs is 1. The van der Waals surface area contributed by atoms with Crippen LogP contribution in [0.2, 0.25) is 5.02 Å². The van der Waals surface area contributed by atoms with Crippen molar-refractivity contribution in [2.75, 3.05) is 11.9 Å². The van der Waals surface area contributed by atoms with Gasteiger partial charge in [-0.15, -0.1) is 0 Å². The zero-order valence-corrected chi connectivity index (χ0v) is 26.7. The van der Waals surface area contributed by atoms with Gasteiger partial charge in [0.2, 0.25) is 10.0 Å². The number of aromatic nitrogens is 2. The second-order valence-electron chi connectivity index (χ2n) is 10.9. The van der Waals surface area contributed by atoms with Crippen LogP contribution >= 0.6 is 11.6 Å². The quantitative estimate of drug-likeness (QED) is 0.170. The van der Waals surface area contributed by atoms with Crippen LogP contribution in [0.5, 0.6) is 5.75 Å². The zero-order chi connectivity index (χ0) is 31.5. The Morgan fingerprint density at radius 1 is 1.11 bits per heavy atom. The third-order valence-corrected chi connectivity index (χ3v) is 10.6. The first-order valence-electron chi connectivity index (χ1n) is 14.6. The first kappa shape index (κ1) is 31.7. The van der Waals surface area contributed by atoms with E-state index in [1.54, 1.807) is 48.7 Å². The summed E-state index contributed by atoms with van der Waals surface area (Å²) >= 11 is 6.55. The summed E-state index contributed by atoms with van der Waals surface area (Å²) in [6.45, 7) is 7.75. The van der Waals surface area contributed by atoms with E-state index in [4.69, 9.17) is 21.1 Å². The van der Waals surface area contributed by atoms with E-state index in [0.29, 0.717) is 52.7 Å². The third kappa shape index (κ3) is 6.24. The summed E-state index contributed by atoms with van der Waals surface area (Å²) < 4.78 is 54.1. The number of nitrogens with one attached hydrogen (secondary N) is 1. The lowest BCUT2D eigenvalue weighted by Crippen LogP contribution is -2.54. The monoisotopic (exact) mass is 638 g/mol. The van der Waals surface area contributed by atoms with Crippen molar-refractivity contribution in [3.63, 3.8) is 0 Å². The van der Waals surface area contributed by atoms with E-state index in [1.807, 2.05) is 44.2 Å². The molecule has 2 unspecified atom stereocenters. The van der Waals surface area contributed by atoms with Crippen LogP contribution < -0.4 is 10.1 Å². The number of hydrogen-bond donors (Lipinski definition) is 1. The van der Waals surface area contributed by atoms with Gasteiger partial charge in [0, 0.05) is 24.0 Å². The van der Waals surface area contributed by atoms with Crippen molar-refractivity contribution in [2.24, 2.45) is 0 Å². The Balaban J connectivity index is 1.46. The molecule has 4 aromatic rings. The first-order valence-corrected chi connectivity index (χ1v) is 16.5. The number of anilines is 2. The molecule has 232 valence electrons. The van der Waals surface area contributed by atoms with Gasteiger partial charge in [-0.05, 0) is 79.9 Å². The number of hydrogen-bond acceptors (Lipinski definition) is 7. The van der Waals surface area contributed by atoms with Gasteiger partial charge in [-0.3, -0.25) is 0 Å². The number of rotatable bonds is 12. The van der Waals surface area contributed by atoms with E-state index in [1.165, 1.54) is 18.5 Å². The Bertz CT molecular complexity index is 1780. The van der Waals surface area contributed by atoms with Crippen LogP contribution in [0.15, 0.2) is 79.3 Å². The molecule has 0 fully saturated rings. The topological polar surface area (TPSA) is 93.7 Å². The van der Waals surface area contributed by atoms with Crippen molar-refractivity contribution in [1.29, 1.82) is 0 Å². The molecule has 0 saturated heterocycles. The Hall–Kier alpha value is -3.73. The number of likely N-dealkylation sites (N-methyl/N-ethyl adjacent to an activating group) is 1. The summed E-state index contributed by atoms with van der Waals surface area (Å²) in [5.74, 6) is 0.691.